The first-order valence-electron chi connectivity index (χ1n) is 6.63. The van der Waals surface area contributed by atoms with Gasteiger partial charge in [0.15, 0.2) is 0 Å². The number of hydrogen-bond donors (Lipinski definition) is 2. The lowest BCUT2D eigenvalue weighted by Crippen LogP contribution is -2.38. The molecule has 104 valence electrons. The third-order valence-electron chi connectivity index (χ3n) is 3.94. The van der Waals surface area contributed by atoms with Gasteiger partial charge in [0.2, 0.25) is 0 Å². The molecule has 1 aliphatic rings. The summed E-state index contributed by atoms with van der Waals surface area (Å²) in [5, 5.41) is 23.8. The number of non-ortho nitro benzene ring substituents is 1. The van der Waals surface area contributed by atoms with Crippen LogP contribution in [-0.2, 0) is 0 Å². The lowest BCUT2D eigenvalue weighted by atomic mass is 9.70. The average Bonchev–Trinajstić information content (AvgIpc) is 2.36. The molecule has 0 amide bonds. The number of aliphatic hydroxyl groups is 1. The molecule has 1 fully saturated rings. The number of benzene rings is 1. The van der Waals surface area contributed by atoms with Gasteiger partial charge in [-0.25, -0.2) is 0 Å². The van der Waals surface area contributed by atoms with E-state index < -0.39 is 11.0 Å². The Balaban J connectivity index is 1.82. The molecule has 0 radical (unpaired) electrons. The molecule has 0 bridgehead atoms. The van der Waals surface area contributed by atoms with Crippen molar-refractivity contribution in [2.75, 3.05) is 13.1 Å². The van der Waals surface area contributed by atoms with Gasteiger partial charge in [0, 0.05) is 25.2 Å². The normalized spacial score (nSPS) is 18.6. The number of nitrogens with zero attached hydrogens (tertiary/aromatic N) is 1. The van der Waals surface area contributed by atoms with Gasteiger partial charge in [-0.05, 0) is 36.0 Å². The van der Waals surface area contributed by atoms with Crippen LogP contribution in [0.15, 0.2) is 24.3 Å². The molecular formula is C14H20N2O3. The van der Waals surface area contributed by atoms with E-state index in [-0.39, 0.29) is 5.69 Å². The number of hydrogen-bond acceptors (Lipinski definition) is 4. The Bertz CT molecular complexity index is 441. The van der Waals surface area contributed by atoms with Crippen LogP contribution in [0.2, 0.25) is 0 Å². The molecule has 1 aromatic rings. The minimum absolute atomic E-state index is 0.0471. The van der Waals surface area contributed by atoms with E-state index in [1.165, 1.54) is 31.4 Å². The van der Waals surface area contributed by atoms with Gasteiger partial charge in [-0.3, -0.25) is 10.1 Å². The molecular weight excluding hydrogens is 244 g/mol. The van der Waals surface area contributed by atoms with Gasteiger partial charge in [0.05, 0.1) is 11.0 Å². The molecule has 2 N–H and O–H groups in total. The smallest absolute Gasteiger partial charge is 0.269 e. The topological polar surface area (TPSA) is 75.4 Å². The second-order valence-electron chi connectivity index (χ2n) is 5.66. The number of nitro groups is 1. The monoisotopic (exact) mass is 264 g/mol. The predicted octanol–water partition coefficient (Wildman–Crippen LogP) is 2.41. The highest BCUT2D eigenvalue weighted by Crippen LogP contribution is 2.39. The van der Waals surface area contributed by atoms with Crippen molar-refractivity contribution in [2.45, 2.75) is 32.3 Å². The van der Waals surface area contributed by atoms with Crippen LogP contribution in [0.4, 0.5) is 5.69 Å². The number of nitro benzene ring substituents is 1. The highest BCUT2D eigenvalue weighted by atomic mass is 16.6. The lowest BCUT2D eigenvalue weighted by molar-refractivity contribution is -0.384. The van der Waals surface area contributed by atoms with Crippen LogP contribution in [0, 0.1) is 15.5 Å². The maximum atomic E-state index is 10.5. The van der Waals surface area contributed by atoms with Crippen LogP contribution in [0.5, 0.6) is 0 Å². The molecule has 2 rings (SSSR count). The molecule has 1 aromatic carbocycles. The minimum atomic E-state index is -0.621. The van der Waals surface area contributed by atoms with Crippen molar-refractivity contribution in [2.24, 2.45) is 5.41 Å². The largest absolute Gasteiger partial charge is 0.387 e. The Morgan fingerprint density at radius 3 is 2.53 bits per heavy atom. The number of nitrogens with one attached hydrogen (secondary N) is 1. The maximum absolute atomic E-state index is 10.5. The molecule has 0 saturated heterocycles. The van der Waals surface area contributed by atoms with E-state index in [1.807, 2.05) is 0 Å². The average molecular weight is 264 g/mol. The van der Waals surface area contributed by atoms with Crippen molar-refractivity contribution in [3.8, 4) is 0 Å². The summed E-state index contributed by atoms with van der Waals surface area (Å²) in [5.74, 6) is 0. The van der Waals surface area contributed by atoms with Gasteiger partial charge >= 0.3 is 0 Å². The summed E-state index contributed by atoms with van der Waals surface area (Å²) in [4.78, 5) is 10.1. The molecule has 1 aliphatic carbocycles. The van der Waals surface area contributed by atoms with Gasteiger partial charge in [0.25, 0.3) is 5.69 Å². The molecule has 5 heteroatoms. The van der Waals surface area contributed by atoms with Crippen LogP contribution in [0.25, 0.3) is 0 Å². The van der Waals surface area contributed by atoms with Crippen molar-refractivity contribution >= 4 is 5.69 Å². The Labute approximate surface area is 112 Å². The van der Waals surface area contributed by atoms with E-state index in [1.54, 1.807) is 12.1 Å². The molecule has 0 spiro atoms. The molecule has 0 aliphatic heterocycles. The Morgan fingerprint density at radius 1 is 1.42 bits per heavy atom. The second-order valence-corrected chi connectivity index (χ2v) is 5.66. The van der Waals surface area contributed by atoms with E-state index in [0.717, 1.165) is 6.54 Å². The first kappa shape index (κ1) is 14.0. The van der Waals surface area contributed by atoms with Crippen molar-refractivity contribution in [1.82, 2.24) is 5.32 Å². The molecule has 5 nitrogen and oxygen atoms in total. The number of aliphatic hydroxyl groups excluding tert-OH is 1. The van der Waals surface area contributed by atoms with Crippen LogP contribution in [0.3, 0.4) is 0 Å². The Kier molecular flexibility index (Phi) is 4.17. The van der Waals surface area contributed by atoms with E-state index in [0.29, 0.717) is 17.5 Å². The zero-order chi connectivity index (χ0) is 13.9. The van der Waals surface area contributed by atoms with Gasteiger partial charge < -0.3 is 10.4 Å². The molecule has 1 saturated carbocycles. The zero-order valence-corrected chi connectivity index (χ0v) is 11.1. The van der Waals surface area contributed by atoms with Gasteiger partial charge in [-0.15, -0.1) is 0 Å². The summed E-state index contributed by atoms with van der Waals surface area (Å²) in [7, 11) is 0. The van der Waals surface area contributed by atoms with Crippen molar-refractivity contribution < 1.29 is 10.0 Å². The summed E-state index contributed by atoms with van der Waals surface area (Å²) < 4.78 is 0. The fourth-order valence-electron chi connectivity index (χ4n) is 2.40. The van der Waals surface area contributed by atoms with E-state index in [4.69, 9.17) is 0 Å². The third-order valence-corrected chi connectivity index (χ3v) is 3.94. The molecule has 1 atom stereocenters. The third kappa shape index (κ3) is 3.52. The summed E-state index contributed by atoms with van der Waals surface area (Å²) in [6.07, 6.45) is 3.16. The summed E-state index contributed by atoms with van der Waals surface area (Å²) in [6.45, 7) is 3.65. The molecule has 1 unspecified atom stereocenters. The number of rotatable bonds is 6. The minimum Gasteiger partial charge on any atom is -0.387 e. The summed E-state index contributed by atoms with van der Waals surface area (Å²) in [5.41, 5.74) is 1.14. The highest BCUT2D eigenvalue weighted by molar-refractivity contribution is 5.33. The molecule has 0 aromatic heterocycles. The Morgan fingerprint density at radius 2 is 2.05 bits per heavy atom. The summed E-state index contributed by atoms with van der Waals surface area (Å²) in [6, 6.07) is 6.06. The lowest BCUT2D eigenvalue weighted by Gasteiger charge is -2.38. The fourth-order valence-corrected chi connectivity index (χ4v) is 2.40. The highest BCUT2D eigenvalue weighted by Gasteiger charge is 2.31. The summed E-state index contributed by atoms with van der Waals surface area (Å²) >= 11 is 0. The Hall–Kier alpha value is -1.46. The van der Waals surface area contributed by atoms with Crippen LogP contribution < -0.4 is 5.32 Å². The first-order chi connectivity index (χ1) is 9.00. The van der Waals surface area contributed by atoms with Crippen molar-refractivity contribution in [3.63, 3.8) is 0 Å². The van der Waals surface area contributed by atoms with Crippen LogP contribution in [-0.4, -0.2) is 23.1 Å². The first-order valence-corrected chi connectivity index (χ1v) is 6.63. The van der Waals surface area contributed by atoms with E-state index >= 15 is 0 Å². The van der Waals surface area contributed by atoms with Gasteiger partial charge in [-0.1, -0.05) is 13.3 Å². The predicted molar refractivity (Wildman–Crippen MR) is 72.9 cm³/mol. The molecule has 19 heavy (non-hydrogen) atoms. The quantitative estimate of drug-likeness (QED) is 0.611. The fraction of sp³-hybridized carbons (Fsp3) is 0.571. The standard InChI is InChI=1S/C14H20N2O3/c1-14(7-2-8-14)10-15-9-13(17)11-3-5-12(6-4-11)16(18)19/h3-6,13,15,17H,2,7-10H2,1H3. The van der Waals surface area contributed by atoms with E-state index in [2.05, 4.69) is 12.2 Å². The van der Waals surface area contributed by atoms with E-state index in [9.17, 15) is 15.2 Å². The van der Waals surface area contributed by atoms with Gasteiger partial charge in [0.1, 0.15) is 0 Å². The van der Waals surface area contributed by atoms with Gasteiger partial charge in [-0.2, -0.15) is 0 Å². The maximum Gasteiger partial charge on any atom is 0.269 e. The van der Waals surface area contributed by atoms with Crippen LogP contribution in [0.1, 0.15) is 37.9 Å². The van der Waals surface area contributed by atoms with Crippen molar-refractivity contribution in [3.05, 3.63) is 39.9 Å². The molecule has 0 heterocycles. The van der Waals surface area contributed by atoms with Crippen molar-refractivity contribution in [1.29, 1.82) is 0 Å². The van der Waals surface area contributed by atoms with Crippen LogP contribution >= 0.6 is 0 Å². The SMILES string of the molecule is CC1(CNCC(O)c2ccc([N+](=O)[O-])cc2)CCC1. The second kappa shape index (κ2) is 5.67. The zero-order valence-electron chi connectivity index (χ0n) is 11.1.